The summed E-state index contributed by atoms with van der Waals surface area (Å²) in [5.41, 5.74) is 1.47. The van der Waals surface area contributed by atoms with Crippen molar-refractivity contribution in [1.82, 2.24) is 19.1 Å². The number of carbonyl (C=O) groups is 1. The third-order valence-corrected chi connectivity index (χ3v) is 9.47. The van der Waals surface area contributed by atoms with Crippen LogP contribution in [0.3, 0.4) is 0 Å². The van der Waals surface area contributed by atoms with Crippen molar-refractivity contribution in [2.24, 2.45) is 0 Å². The Balaban J connectivity index is 0.919. The molecule has 0 radical (unpaired) electrons. The highest BCUT2D eigenvalue weighted by molar-refractivity contribution is 5.87. The first-order valence-electron chi connectivity index (χ1n) is 21.6. The Morgan fingerprint density at radius 3 is 1.41 bits per heavy atom. The van der Waals surface area contributed by atoms with Crippen LogP contribution in [0.2, 0.25) is 0 Å². The number of hydrogen-bond donors (Lipinski definition) is 1. The molecular formula is C47H58F2N4O13. The molecule has 0 spiro atoms. The number of H-pyrrole nitrogens is 1. The van der Waals surface area contributed by atoms with Gasteiger partial charge in [0.1, 0.15) is 29.6 Å². The van der Waals surface area contributed by atoms with Crippen molar-refractivity contribution in [1.29, 1.82) is 0 Å². The van der Waals surface area contributed by atoms with E-state index in [0.29, 0.717) is 134 Å². The SMILES string of the molecule is COCCOCCOCCOCCOCCOCCOCCOCCOCCOC(=O)C=Cc1ccc(-c2nc3c([nH]2)c(=O)n(Cc2ccc(F)cc2)c(=O)n3Cc2ccc(F)cc2)cc1. The van der Waals surface area contributed by atoms with Crippen LogP contribution in [0, 0.1) is 11.6 Å². The summed E-state index contributed by atoms with van der Waals surface area (Å²) in [4.78, 5) is 47.4. The number of benzene rings is 3. The summed E-state index contributed by atoms with van der Waals surface area (Å²) < 4.78 is 83.3. The zero-order valence-electron chi connectivity index (χ0n) is 37.1. The van der Waals surface area contributed by atoms with Crippen LogP contribution in [0.4, 0.5) is 8.78 Å². The maximum Gasteiger partial charge on any atom is 0.333 e. The van der Waals surface area contributed by atoms with Crippen LogP contribution in [0.15, 0.2) is 88.5 Å². The van der Waals surface area contributed by atoms with Crippen LogP contribution in [0.5, 0.6) is 0 Å². The number of esters is 1. The molecule has 0 saturated carbocycles. The van der Waals surface area contributed by atoms with Gasteiger partial charge in [-0.25, -0.2) is 23.4 Å². The second-order valence-corrected chi connectivity index (χ2v) is 14.3. The topological polar surface area (TPSA) is 182 Å². The van der Waals surface area contributed by atoms with E-state index in [-0.39, 0.29) is 37.5 Å². The molecule has 0 amide bonds. The molecule has 17 nitrogen and oxygen atoms in total. The van der Waals surface area contributed by atoms with Gasteiger partial charge in [0.15, 0.2) is 5.65 Å². The second kappa shape index (κ2) is 29.9. The first kappa shape index (κ1) is 51.5. The standard InChI is InChI=1S/C47H58F2N4O13/c1-57-16-17-58-18-19-59-20-21-60-22-23-61-24-25-62-26-27-63-28-29-64-30-31-65-32-33-66-42(54)15-8-36-2-9-39(10-3-36)44-50-43-45(51-44)52(34-37-4-11-40(48)12-5-37)47(56)53(46(43)55)35-38-6-13-41(49)14-7-38/h2-15H,16-35H2,1H3,(H,50,51). The summed E-state index contributed by atoms with van der Waals surface area (Å²) in [6.45, 7) is 7.66. The highest BCUT2D eigenvalue weighted by Crippen LogP contribution is 2.20. The maximum absolute atomic E-state index is 13.8. The van der Waals surface area contributed by atoms with Crippen LogP contribution in [0.1, 0.15) is 16.7 Å². The molecule has 0 aliphatic heterocycles. The maximum atomic E-state index is 13.8. The Bertz CT molecular complexity index is 2300. The van der Waals surface area contributed by atoms with E-state index in [0.717, 1.165) is 4.57 Å². The van der Waals surface area contributed by atoms with E-state index in [2.05, 4.69) is 9.97 Å². The van der Waals surface area contributed by atoms with Gasteiger partial charge in [-0.15, -0.1) is 0 Å². The average molecular weight is 925 g/mol. The number of nitrogens with one attached hydrogen (secondary N) is 1. The molecule has 5 aromatic rings. The molecule has 1 N–H and O–H groups in total. The fourth-order valence-electron chi connectivity index (χ4n) is 6.08. The number of halogens is 2. The van der Waals surface area contributed by atoms with Gasteiger partial charge in [-0.3, -0.25) is 13.9 Å². The Kier molecular flexibility index (Phi) is 23.4. The number of aromatic nitrogens is 4. The molecular weight excluding hydrogens is 867 g/mol. The molecule has 358 valence electrons. The minimum absolute atomic E-state index is 0.0150. The van der Waals surface area contributed by atoms with Crippen LogP contribution in [-0.2, 0) is 65.3 Å². The third kappa shape index (κ3) is 18.4. The Morgan fingerprint density at radius 1 is 0.561 bits per heavy atom. The number of carbonyl (C=O) groups excluding carboxylic acids is 1. The van der Waals surface area contributed by atoms with Crippen molar-refractivity contribution in [2.75, 3.05) is 126 Å². The number of rotatable bonds is 34. The second-order valence-electron chi connectivity index (χ2n) is 14.3. The fraction of sp³-hybridized carbons (Fsp3) is 0.447. The smallest absolute Gasteiger partial charge is 0.333 e. The summed E-state index contributed by atoms with van der Waals surface area (Å²) >= 11 is 0. The molecule has 0 atom stereocenters. The number of aromatic amines is 1. The minimum Gasteiger partial charge on any atom is -0.460 e. The van der Waals surface area contributed by atoms with Gasteiger partial charge < -0.3 is 52.4 Å². The molecule has 0 fully saturated rings. The van der Waals surface area contributed by atoms with Gasteiger partial charge in [-0.05, 0) is 47.0 Å². The van der Waals surface area contributed by atoms with E-state index < -0.39 is 28.9 Å². The van der Waals surface area contributed by atoms with Gasteiger partial charge in [-0.1, -0.05) is 48.5 Å². The minimum atomic E-state index is -0.629. The van der Waals surface area contributed by atoms with E-state index in [1.165, 1.54) is 47.0 Å². The zero-order valence-corrected chi connectivity index (χ0v) is 37.1. The molecule has 3 aromatic carbocycles. The van der Waals surface area contributed by atoms with Crippen LogP contribution < -0.4 is 11.2 Å². The first-order valence-corrected chi connectivity index (χ1v) is 21.6. The van der Waals surface area contributed by atoms with Gasteiger partial charge in [0.2, 0.25) is 0 Å². The van der Waals surface area contributed by atoms with Gasteiger partial charge in [0.25, 0.3) is 5.56 Å². The van der Waals surface area contributed by atoms with E-state index in [1.54, 1.807) is 49.6 Å². The lowest BCUT2D eigenvalue weighted by atomic mass is 10.1. The summed E-state index contributed by atoms with van der Waals surface area (Å²) in [6, 6.07) is 18.2. The third-order valence-electron chi connectivity index (χ3n) is 9.47. The lowest BCUT2D eigenvalue weighted by Gasteiger charge is -2.11. The van der Waals surface area contributed by atoms with Crippen molar-refractivity contribution in [2.45, 2.75) is 13.1 Å². The quantitative estimate of drug-likeness (QED) is 0.0351. The zero-order chi connectivity index (χ0) is 46.6. The highest BCUT2D eigenvalue weighted by atomic mass is 19.1. The molecule has 0 unspecified atom stereocenters. The van der Waals surface area contributed by atoms with E-state index in [4.69, 9.17) is 47.4 Å². The fourth-order valence-corrected chi connectivity index (χ4v) is 6.08. The molecule has 2 heterocycles. The number of imidazole rings is 1. The molecule has 0 aliphatic carbocycles. The lowest BCUT2D eigenvalue weighted by Crippen LogP contribution is -2.40. The number of ether oxygens (including phenoxy) is 10. The predicted molar refractivity (Wildman–Crippen MR) is 239 cm³/mol. The largest absolute Gasteiger partial charge is 0.460 e. The monoisotopic (exact) mass is 924 g/mol. The van der Waals surface area contributed by atoms with Gasteiger partial charge in [0.05, 0.1) is 125 Å². The molecule has 0 bridgehead atoms. The van der Waals surface area contributed by atoms with Crippen molar-refractivity contribution in [3.8, 4) is 11.4 Å². The van der Waals surface area contributed by atoms with Gasteiger partial charge in [-0.2, -0.15) is 0 Å². The predicted octanol–water partition coefficient (Wildman–Crippen LogP) is 4.26. The number of hydrogen-bond acceptors (Lipinski definition) is 14. The van der Waals surface area contributed by atoms with Crippen molar-refractivity contribution in [3.05, 3.63) is 128 Å². The molecule has 19 heteroatoms. The lowest BCUT2D eigenvalue weighted by molar-refractivity contribution is -0.139. The summed E-state index contributed by atoms with van der Waals surface area (Å²) in [5.74, 6) is -1.08. The molecule has 0 saturated heterocycles. The number of fused-ring (bicyclic) bond motifs is 1. The Labute approximate surface area is 381 Å². The van der Waals surface area contributed by atoms with Crippen molar-refractivity contribution in [3.63, 3.8) is 0 Å². The summed E-state index contributed by atoms with van der Waals surface area (Å²) in [5, 5.41) is 0. The van der Waals surface area contributed by atoms with Gasteiger partial charge >= 0.3 is 11.7 Å². The van der Waals surface area contributed by atoms with Gasteiger partial charge in [0, 0.05) is 18.7 Å². The molecule has 5 rings (SSSR count). The van der Waals surface area contributed by atoms with E-state index in [9.17, 15) is 23.2 Å². The highest BCUT2D eigenvalue weighted by Gasteiger charge is 2.19. The van der Waals surface area contributed by atoms with Crippen LogP contribution in [0.25, 0.3) is 28.6 Å². The Morgan fingerprint density at radius 2 is 0.970 bits per heavy atom. The molecule has 2 aromatic heterocycles. The first-order chi connectivity index (χ1) is 32.3. The average Bonchev–Trinajstić information content (AvgIpc) is 3.78. The number of nitrogens with zero attached hydrogens (tertiary/aromatic N) is 3. The summed E-state index contributed by atoms with van der Waals surface area (Å²) in [7, 11) is 1.63. The van der Waals surface area contributed by atoms with Crippen LogP contribution in [-0.4, -0.2) is 151 Å². The van der Waals surface area contributed by atoms with E-state index >= 15 is 0 Å². The van der Waals surface area contributed by atoms with Crippen LogP contribution >= 0.6 is 0 Å². The van der Waals surface area contributed by atoms with Crippen molar-refractivity contribution >= 4 is 23.2 Å². The molecule has 66 heavy (non-hydrogen) atoms. The summed E-state index contributed by atoms with van der Waals surface area (Å²) in [6.07, 6.45) is 2.90. The molecule has 0 aliphatic rings. The normalized spacial score (nSPS) is 11.6. The Hall–Kier alpha value is -5.48. The van der Waals surface area contributed by atoms with E-state index in [1.807, 2.05) is 0 Å². The number of methoxy groups -OCH3 is 1. The van der Waals surface area contributed by atoms with Crippen molar-refractivity contribution < 1.29 is 60.9 Å².